The molecule has 4 aliphatic rings. The maximum atomic E-state index is 12.9. The van der Waals surface area contributed by atoms with Gasteiger partial charge in [-0.3, -0.25) is 39.4 Å². The van der Waals surface area contributed by atoms with E-state index in [9.17, 15) is 49.0 Å². The largest absolute Gasteiger partial charge is 0.487 e. The summed E-state index contributed by atoms with van der Waals surface area (Å²) in [5.74, 6) is -1.50. The maximum Gasteiger partial charge on any atom is 0.329 e. The lowest BCUT2D eigenvalue weighted by atomic mass is 9.79. The number of amides is 2. The van der Waals surface area contributed by atoms with Gasteiger partial charge in [0.05, 0.1) is 179 Å². The van der Waals surface area contributed by atoms with Crippen molar-refractivity contribution in [3.05, 3.63) is 55.6 Å². The molecule has 6 rings (SSSR count). The fraction of sp³-hybridized carbons (Fsp3) is 0.727. The van der Waals surface area contributed by atoms with Crippen molar-refractivity contribution in [2.75, 3.05) is 212 Å². The summed E-state index contributed by atoms with van der Waals surface area (Å²) in [6.45, 7) is 13.5. The molecule has 35 heteroatoms. The Morgan fingerprint density at radius 3 is 1.27 bits per heavy atom. The number of benzene rings is 2. The molecular formula is C66H104N4O29S2. The van der Waals surface area contributed by atoms with E-state index < -0.39 is 50.6 Å². The number of nitro benzene ring substituents is 2. The number of carbonyl (C=O) groups excluding carboxylic acids is 6. The Morgan fingerprint density at radius 1 is 0.505 bits per heavy atom. The molecule has 0 saturated heterocycles. The van der Waals surface area contributed by atoms with E-state index in [0.717, 1.165) is 0 Å². The van der Waals surface area contributed by atoms with Crippen LogP contribution in [-0.4, -0.2) is 269 Å². The fourth-order valence-corrected chi connectivity index (χ4v) is 11.0. The Bertz CT molecular complexity index is 2750. The van der Waals surface area contributed by atoms with Gasteiger partial charge in [0.2, 0.25) is 11.8 Å². The molecule has 0 spiro atoms. The van der Waals surface area contributed by atoms with Gasteiger partial charge in [-0.2, -0.15) is 23.5 Å². The van der Waals surface area contributed by atoms with Crippen LogP contribution in [0.15, 0.2) is 24.3 Å². The first-order valence-corrected chi connectivity index (χ1v) is 35.6. The SMILES string of the molecule is CCC(C)(CCCC(C)(C)C(=O)OCCOCCOc1cc2c([N+](=O)[O-])cc1OCCOCCOCCOCCOCCC(=O)NC(C(=O)OC)CSC2)C(=O)OCCOC.COCCOc1cc2c([N+](=O)[O-])cc1OCCOCCOCCOCCOCCC(=O)NC(C(=O)OC)CSC2. The van der Waals surface area contributed by atoms with Crippen molar-refractivity contribution < 1.29 is 129 Å². The number of esters is 4. The number of hydrogen-bond donors (Lipinski definition) is 2. The predicted octanol–water partition coefficient (Wildman–Crippen LogP) is 5.44. The van der Waals surface area contributed by atoms with Crippen LogP contribution in [-0.2, 0) is 111 Å². The van der Waals surface area contributed by atoms with Gasteiger partial charge in [0, 0.05) is 61.2 Å². The highest BCUT2D eigenvalue weighted by Gasteiger charge is 2.36. The van der Waals surface area contributed by atoms with Crippen molar-refractivity contribution in [3.8, 4) is 23.0 Å². The van der Waals surface area contributed by atoms with Crippen molar-refractivity contribution in [3.63, 3.8) is 0 Å². The third-order valence-corrected chi connectivity index (χ3v) is 17.1. The van der Waals surface area contributed by atoms with E-state index in [2.05, 4.69) is 10.6 Å². The molecule has 0 aromatic heterocycles. The summed E-state index contributed by atoms with van der Waals surface area (Å²) in [5.41, 5.74) is -1.20. The van der Waals surface area contributed by atoms with Gasteiger partial charge < -0.3 is 101 Å². The van der Waals surface area contributed by atoms with Gasteiger partial charge in [-0.05, 0) is 52.2 Å². The van der Waals surface area contributed by atoms with Gasteiger partial charge in [-0.1, -0.05) is 13.3 Å². The highest BCUT2D eigenvalue weighted by Crippen LogP contribution is 2.39. The molecule has 4 bridgehead atoms. The standard InChI is InChI=1S/C41H66N2O17S.C25H38N2O12S/c1-7-41(4,39(47)60-23-13-50-5)11-8-10-40(2,3)38(46)59-26-22-56-21-24-57-34-27-31-29-61-30-32(37(45)51-6)42-36(44)9-12-52-14-15-53-16-17-54-18-19-55-20-25-58-35(34)28-33(31)43(48)49;1-32-5-13-38-22-15-19-17-40-18-20(25(29)33-2)26-24(28)3-4-34-6-7-35-8-9-36-10-11-37-12-14-39-23(22)16-21(19)27(30)31/h27-28,32H,7-26,29-30H2,1-6H3,(H,42,44);15-16,20H,3-14,17-18H2,1-2H3,(H,26,28). The zero-order chi connectivity index (χ0) is 73.9. The topological polar surface area (TPSA) is 388 Å². The minimum atomic E-state index is -1.01. The van der Waals surface area contributed by atoms with Gasteiger partial charge in [0.15, 0.2) is 23.0 Å². The lowest BCUT2D eigenvalue weighted by molar-refractivity contribution is -0.385. The number of nitrogens with one attached hydrogen (secondary N) is 2. The molecule has 33 nitrogen and oxygen atoms in total. The lowest BCUT2D eigenvalue weighted by Gasteiger charge is -2.28. The van der Waals surface area contributed by atoms with Gasteiger partial charge in [-0.15, -0.1) is 0 Å². The smallest absolute Gasteiger partial charge is 0.329 e. The van der Waals surface area contributed by atoms with Gasteiger partial charge in [0.25, 0.3) is 11.4 Å². The summed E-state index contributed by atoms with van der Waals surface area (Å²) in [7, 11) is 5.50. The molecule has 574 valence electrons. The summed E-state index contributed by atoms with van der Waals surface area (Å²) >= 11 is 2.41. The summed E-state index contributed by atoms with van der Waals surface area (Å²) in [5, 5.41) is 29.3. The zero-order valence-electron chi connectivity index (χ0n) is 59.5. The van der Waals surface area contributed by atoms with E-state index in [1.807, 2.05) is 13.8 Å². The Morgan fingerprint density at radius 2 is 0.871 bits per heavy atom. The molecule has 4 heterocycles. The van der Waals surface area contributed by atoms with Crippen molar-refractivity contribution in [2.24, 2.45) is 10.8 Å². The van der Waals surface area contributed by atoms with Crippen LogP contribution in [0.3, 0.4) is 0 Å². The average molecular weight is 1480 g/mol. The number of methoxy groups -OCH3 is 4. The van der Waals surface area contributed by atoms with Crippen LogP contribution >= 0.6 is 23.5 Å². The second-order valence-corrected chi connectivity index (χ2v) is 25.1. The summed E-state index contributed by atoms with van der Waals surface area (Å²) < 4.78 is 103. The molecule has 3 atom stereocenters. The molecule has 2 N–H and O–H groups in total. The van der Waals surface area contributed by atoms with Gasteiger partial charge in [0.1, 0.15) is 51.7 Å². The number of hydrogen-bond acceptors (Lipinski definition) is 31. The highest BCUT2D eigenvalue weighted by molar-refractivity contribution is 7.98. The van der Waals surface area contributed by atoms with Crippen molar-refractivity contribution >= 4 is 70.6 Å². The Balaban J connectivity index is 0.000000572. The first-order valence-electron chi connectivity index (χ1n) is 33.3. The number of fused-ring (bicyclic) bond motifs is 44. The van der Waals surface area contributed by atoms with E-state index in [4.69, 9.17) is 90.0 Å². The molecule has 4 aliphatic heterocycles. The van der Waals surface area contributed by atoms with E-state index in [1.54, 1.807) is 21.0 Å². The van der Waals surface area contributed by atoms with E-state index in [0.29, 0.717) is 122 Å². The Kier molecular flexibility index (Phi) is 46.9. The zero-order valence-corrected chi connectivity index (χ0v) is 61.1. The van der Waals surface area contributed by atoms with Crippen LogP contribution < -0.4 is 29.6 Å². The number of nitro groups is 2. The number of nitrogens with zero attached hydrogens (tertiary/aromatic N) is 2. The van der Waals surface area contributed by atoms with Crippen LogP contribution in [0.1, 0.15) is 77.3 Å². The fourth-order valence-electron chi connectivity index (χ4n) is 8.98. The van der Waals surface area contributed by atoms with Crippen molar-refractivity contribution in [1.82, 2.24) is 10.6 Å². The summed E-state index contributed by atoms with van der Waals surface area (Å²) in [4.78, 5) is 98.3. The monoisotopic (exact) mass is 1480 g/mol. The lowest BCUT2D eigenvalue weighted by Crippen LogP contribution is -2.43. The average Bonchev–Trinajstić information content (AvgIpc) is 0.835. The minimum Gasteiger partial charge on any atom is -0.487 e. The third kappa shape index (κ3) is 37.5. The molecule has 0 saturated carbocycles. The second kappa shape index (κ2) is 53.3. The van der Waals surface area contributed by atoms with Gasteiger partial charge in [-0.25, -0.2) is 9.59 Å². The molecule has 101 heavy (non-hydrogen) atoms. The normalized spacial score (nSPS) is 18.5. The summed E-state index contributed by atoms with van der Waals surface area (Å²) in [6, 6.07) is 3.67. The predicted molar refractivity (Wildman–Crippen MR) is 367 cm³/mol. The Labute approximate surface area is 598 Å². The molecule has 2 aromatic carbocycles. The minimum absolute atomic E-state index is 0.000811. The Hall–Kier alpha value is -6.48. The van der Waals surface area contributed by atoms with Gasteiger partial charge >= 0.3 is 23.9 Å². The molecular weight excluding hydrogens is 1380 g/mol. The third-order valence-electron chi connectivity index (χ3n) is 14.9. The van der Waals surface area contributed by atoms with Crippen LogP contribution in [0.4, 0.5) is 11.4 Å². The number of ether oxygens (including phenoxy) is 19. The van der Waals surface area contributed by atoms with Crippen LogP contribution in [0.25, 0.3) is 0 Å². The quantitative estimate of drug-likeness (QED) is 0.0312. The molecule has 0 aliphatic carbocycles. The molecule has 2 aromatic rings. The number of thioether (sulfide) groups is 2. The number of rotatable bonds is 25. The highest BCUT2D eigenvalue weighted by atomic mass is 32.2. The molecule has 2 amide bonds. The van der Waals surface area contributed by atoms with E-state index in [1.165, 1.54) is 69.1 Å². The van der Waals surface area contributed by atoms with Crippen LogP contribution in [0.2, 0.25) is 0 Å². The second-order valence-electron chi connectivity index (χ2n) is 23.0. The van der Waals surface area contributed by atoms with Crippen LogP contribution in [0, 0.1) is 31.1 Å². The van der Waals surface area contributed by atoms with Crippen molar-refractivity contribution in [2.45, 2.75) is 89.8 Å². The maximum absolute atomic E-state index is 12.9. The first kappa shape index (κ1) is 88.7. The molecule has 0 radical (unpaired) electrons. The molecule has 0 fully saturated rings. The van der Waals surface area contributed by atoms with E-state index in [-0.39, 0.29) is 175 Å². The molecule has 3 unspecified atom stereocenters. The van der Waals surface area contributed by atoms with Crippen LogP contribution in [0.5, 0.6) is 23.0 Å². The first-order chi connectivity index (χ1) is 48.7. The summed E-state index contributed by atoms with van der Waals surface area (Å²) in [6.07, 6.45) is 2.33. The van der Waals surface area contributed by atoms with Crippen molar-refractivity contribution in [1.29, 1.82) is 0 Å². The van der Waals surface area contributed by atoms with E-state index >= 15 is 0 Å². The number of carbonyl (C=O) groups is 6.